The third-order valence-electron chi connectivity index (χ3n) is 6.11. The molecule has 4 rings (SSSR count). The lowest BCUT2D eigenvalue weighted by Crippen LogP contribution is -2.45. The lowest BCUT2D eigenvalue weighted by Gasteiger charge is -2.30. The number of nitrogens with zero attached hydrogens (tertiary/aromatic N) is 1. The van der Waals surface area contributed by atoms with E-state index in [9.17, 15) is 9.59 Å². The molecule has 3 aromatic rings. The number of halogens is 3. The van der Waals surface area contributed by atoms with Crippen molar-refractivity contribution in [2.24, 2.45) is 5.10 Å². The molecule has 13 heteroatoms. The van der Waals surface area contributed by atoms with Crippen LogP contribution in [0, 0.1) is 0 Å². The SMILES string of the molecule is CCOC(=O)C1=C(C)NC(=S)N[C@H]1c1ccccc1OCC(=O)NN=Cc1cc(Cl)cc(Cl)c1OCc1ccccc1Cl. The highest BCUT2D eigenvalue weighted by Gasteiger charge is 2.32. The van der Waals surface area contributed by atoms with E-state index in [1.54, 1.807) is 56.3 Å². The lowest BCUT2D eigenvalue weighted by atomic mass is 9.95. The number of allylic oxidation sites excluding steroid dienone is 1. The minimum absolute atomic E-state index is 0.157. The first kappa shape index (κ1) is 32.1. The highest BCUT2D eigenvalue weighted by atomic mass is 35.5. The van der Waals surface area contributed by atoms with Gasteiger partial charge < -0.3 is 24.8 Å². The van der Waals surface area contributed by atoms with E-state index >= 15 is 0 Å². The number of thiocarbonyl (C=S) groups is 1. The number of hydrogen-bond donors (Lipinski definition) is 3. The van der Waals surface area contributed by atoms with Crippen LogP contribution < -0.4 is 25.5 Å². The van der Waals surface area contributed by atoms with Crippen molar-refractivity contribution in [3.63, 3.8) is 0 Å². The Morgan fingerprint density at radius 1 is 1.05 bits per heavy atom. The van der Waals surface area contributed by atoms with E-state index in [4.69, 9.17) is 61.2 Å². The minimum atomic E-state index is -0.651. The molecule has 3 aromatic carbocycles. The van der Waals surface area contributed by atoms with Crippen molar-refractivity contribution in [2.75, 3.05) is 13.2 Å². The van der Waals surface area contributed by atoms with E-state index in [2.05, 4.69) is 21.2 Å². The number of rotatable bonds is 11. The van der Waals surface area contributed by atoms with Crippen LogP contribution >= 0.6 is 47.0 Å². The maximum Gasteiger partial charge on any atom is 0.338 e. The molecule has 0 saturated heterocycles. The predicted molar refractivity (Wildman–Crippen MR) is 171 cm³/mol. The van der Waals surface area contributed by atoms with Crippen LogP contribution in [-0.2, 0) is 20.9 Å². The third kappa shape index (κ3) is 8.39. The molecule has 0 unspecified atom stereocenters. The van der Waals surface area contributed by atoms with Crippen molar-refractivity contribution in [1.82, 2.24) is 16.1 Å². The quantitative estimate of drug-likeness (QED) is 0.0978. The summed E-state index contributed by atoms with van der Waals surface area (Å²) in [4.78, 5) is 25.4. The Bertz CT molecular complexity index is 1600. The molecule has 224 valence electrons. The van der Waals surface area contributed by atoms with Crippen LogP contribution in [0.15, 0.2) is 77.0 Å². The van der Waals surface area contributed by atoms with Crippen LogP contribution in [0.5, 0.6) is 11.5 Å². The van der Waals surface area contributed by atoms with Gasteiger partial charge in [-0.1, -0.05) is 71.2 Å². The second kappa shape index (κ2) is 15.1. The molecular formula is C30H27Cl3N4O5S. The van der Waals surface area contributed by atoms with Gasteiger partial charge in [0.25, 0.3) is 5.91 Å². The molecule has 1 atom stereocenters. The number of amides is 1. The fourth-order valence-electron chi connectivity index (χ4n) is 4.20. The predicted octanol–water partition coefficient (Wildman–Crippen LogP) is 6.11. The van der Waals surface area contributed by atoms with Crippen molar-refractivity contribution in [2.45, 2.75) is 26.5 Å². The molecule has 0 radical (unpaired) electrons. The largest absolute Gasteiger partial charge is 0.487 e. The van der Waals surface area contributed by atoms with Gasteiger partial charge in [0.1, 0.15) is 18.1 Å². The van der Waals surface area contributed by atoms with Crippen LogP contribution in [0.1, 0.15) is 36.6 Å². The smallest absolute Gasteiger partial charge is 0.338 e. The van der Waals surface area contributed by atoms with Gasteiger partial charge in [0.15, 0.2) is 11.7 Å². The van der Waals surface area contributed by atoms with Crippen molar-refractivity contribution >= 4 is 70.2 Å². The standard InChI is InChI=1S/C30H27Cl3N4O5S/c1-3-40-29(39)26-17(2)35-30(43)36-27(26)21-9-5-7-11-24(21)41-16-25(38)37-34-14-19-12-20(31)13-23(33)28(19)42-15-18-8-4-6-10-22(18)32/h4-14,27H,3,15-16H2,1-2H3,(H,37,38)(H2,35,36,43)/t27-/m0/s1. The van der Waals surface area contributed by atoms with Gasteiger partial charge in [-0.15, -0.1) is 0 Å². The maximum atomic E-state index is 12.8. The number of esters is 1. The fourth-order valence-corrected chi connectivity index (χ4v) is 5.23. The summed E-state index contributed by atoms with van der Waals surface area (Å²) in [5.41, 5.74) is 5.14. The van der Waals surface area contributed by atoms with Gasteiger partial charge >= 0.3 is 5.97 Å². The summed E-state index contributed by atoms with van der Waals surface area (Å²) in [6.07, 6.45) is 1.37. The van der Waals surface area contributed by atoms with Gasteiger partial charge in [-0.2, -0.15) is 5.10 Å². The van der Waals surface area contributed by atoms with Crippen LogP contribution in [-0.4, -0.2) is 36.4 Å². The molecule has 1 heterocycles. The summed E-state index contributed by atoms with van der Waals surface area (Å²) in [5.74, 6) is -0.341. The van der Waals surface area contributed by atoms with E-state index in [1.807, 2.05) is 18.2 Å². The zero-order valence-corrected chi connectivity index (χ0v) is 26.2. The average Bonchev–Trinajstić information content (AvgIpc) is 2.96. The number of carbonyl (C=O) groups is 2. The zero-order valence-electron chi connectivity index (χ0n) is 23.1. The summed E-state index contributed by atoms with van der Waals surface area (Å²) in [6, 6.07) is 16.8. The monoisotopic (exact) mass is 660 g/mol. The molecule has 0 saturated carbocycles. The van der Waals surface area contributed by atoms with E-state index < -0.39 is 17.9 Å². The summed E-state index contributed by atoms with van der Waals surface area (Å²) < 4.78 is 17.0. The summed E-state index contributed by atoms with van der Waals surface area (Å²) >= 11 is 24.1. The van der Waals surface area contributed by atoms with Crippen LogP contribution in [0.2, 0.25) is 15.1 Å². The number of benzene rings is 3. The van der Waals surface area contributed by atoms with Gasteiger partial charge in [-0.25, -0.2) is 10.2 Å². The molecule has 3 N–H and O–H groups in total. The van der Waals surface area contributed by atoms with Crippen LogP contribution in [0.25, 0.3) is 0 Å². The Morgan fingerprint density at radius 3 is 2.56 bits per heavy atom. The topological polar surface area (TPSA) is 110 Å². The first-order valence-corrected chi connectivity index (χ1v) is 14.6. The molecule has 1 amide bonds. The summed E-state index contributed by atoms with van der Waals surface area (Å²) in [6.45, 7) is 3.46. The highest BCUT2D eigenvalue weighted by molar-refractivity contribution is 7.80. The Kier molecular flexibility index (Phi) is 11.2. The molecule has 0 aliphatic carbocycles. The minimum Gasteiger partial charge on any atom is -0.487 e. The van der Waals surface area contributed by atoms with Crippen LogP contribution in [0.3, 0.4) is 0 Å². The van der Waals surface area contributed by atoms with Gasteiger partial charge in [-0.05, 0) is 50.3 Å². The molecule has 0 aromatic heterocycles. The number of carbonyl (C=O) groups excluding carboxylic acids is 2. The third-order valence-corrected chi connectivity index (χ3v) is 7.20. The maximum absolute atomic E-state index is 12.8. The molecular weight excluding hydrogens is 635 g/mol. The zero-order chi connectivity index (χ0) is 30.9. The Balaban J connectivity index is 1.44. The lowest BCUT2D eigenvalue weighted by molar-refractivity contribution is -0.139. The number of hydrazone groups is 1. The second-order valence-electron chi connectivity index (χ2n) is 9.10. The molecule has 1 aliphatic rings. The number of para-hydroxylation sites is 1. The highest BCUT2D eigenvalue weighted by Crippen LogP contribution is 2.34. The van der Waals surface area contributed by atoms with Gasteiger partial charge in [0.05, 0.1) is 29.5 Å². The van der Waals surface area contributed by atoms with Crippen molar-refractivity contribution in [1.29, 1.82) is 0 Å². The van der Waals surface area contributed by atoms with Gasteiger partial charge in [-0.3, -0.25) is 4.79 Å². The second-order valence-corrected chi connectivity index (χ2v) is 10.8. The molecule has 1 aliphatic heterocycles. The number of nitrogens with one attached hydrogen (secondary N) is 3. The van der Waals surface area contributed by atoms with E-state index in [-0.39, 0.29) is 24.8 Å². The Morgan fingerprint density at radius 2 is 1.79 bits per heavy atom. The van der Waals surface area contributed by atoms with Crippen molar-refractivity contribution < 1.29 is 23.8 Å². The van der Waals surface area contributed by atoms with Crippen LogP contribution in [0.4, 0.5) is 0 Å². The summed E-state index contributed by atoms with van der Waals surface area (Å²) in [5, 5.41) is 11.6. The van der Waals surface area contributed by atoms with Crippen molar-refractivity contribution in [3.05, 3.63) is 104 Å². The average molecular weight is 662 g/mol. The van der Waals surface area contributed by atoms with E-state index in [1.165, 1.54) is 6.21 Å². The van der Waals surface area contributed by atoms with Gasteiger partial charge in [0.2, 0.25) is 0 Å². The molecule has 9 nitrogen and oxygen atoms in total. The molecule has 0 bridgehead atoms. The number of ether oxygens (including phenoxy) is 3. The Hall–Kier alpha value is -3.83. The molecule has 0 fully saturated rings. The summed E-state index contributed by atoms with van der Waals surface area (Å²) in [7, 11) is 0. The first-order valence-electron chi connectivity index (χ1n) is 13.0. The van der Waals surface area contributed by atoms with E-state index in [0.717, 1.165) is 5.56 Å². The van der Waals surface area contributed by atoms with Gasteiger partial charge in [0, 0.05) is 32.4 Å². The first-order chi connectivity index (χ1) is 20.7. The fraction of sp³-hybridized carbons (Fsp3) is 0.200. The Labute approximate surface area is 269 Å². The van der Waals surface area contributed by atoms with E-state index in [0.29, 0.717) is 49.1 Å². The number of hydrogen-bond acceptors (Lipinski definition) is 7. The normalized spacial score (nSPS) is 14.6. The molecule has 0 spiro atoms. The van der Waals surface area contributed by atoms with Crippen molar-refractivity contribution in [3.8, 4) is 11.5 Å². The molecule has 43 heavy (non-hydrogen) atoms.